The van der Waals surface area contributed by atoms with Crippen molar-refractivity contribution >= 4 is 23.7 Å². The van der Waals surface area contributed by atoms with E-state index in [0.717, 1.165) is 23.4 Å². The lowest BCUT2D eigenvalue weighted by Gasteiger charge is -2.10. The molecule has 1 rings (SSSR count). The van der Waals surface area contributed by atoms with Gasteiger partial charge in [-0.2, -0.15) is 13.2 Å². The number of rotatable bonds is 3. The Labute approximate surface area is 109 Å². The third kappa shape index (κ3) is 3.84. The number of thioether (sulfide) groups is 1. The average molecular weight is 297 g/mol. The van der Waals surface area contributed by atoms with E-state index in [1.54, 1.807) is 0 Å². The van der Waals surface area contributed by atoms with Crippen LogP contribution in [0.3, 0.4) is 0 Å². The zero-order chi connectivity index (χ0) is 14.8. The number of hydrogen-bond acceptors (Lipinski definition) is 5. The number of urea groups is 1. The highest BCUT2D eigenvalue weighted by Crippen LogP contribution is 2.30. The molecule has 0 unspecified atom stereocenters. The fraction of sp³-hybridized carbons (Fsp3) is 0.500. The van der Waals surface area contributed by atoms with Gasteiger partial charge in [0.15, 0.2) is 5.16 Å². The van der Waals surface area contributed by atoms with Gasteiger partial charge in [0.1, 0.15) is 0 Å². The predicted molar refractivity (Wildman–Crippen MR) is 59.1 cm³/mol. The average Bonchev–Trinajstić information content (AvgIpc) is 2.58. The highest BCUT2D eigenvalue weighted by molar-refractivity contribution is 8.00. The molecule has 0 aromatic carbocycles. The van der Waals surface area contributed by atoms with Crippen LogP contribution >= 0.6 is 11.8 Å². The molecule has 0 spiro atoms. The van der Waals surface area contributed by atoms with Gasteiger partial charge in [-0.15, -0.1) is 10.2 Å². The maximum atomic E-state index is 12.5. The number of nitrogens with zero attached hydrogens (tertiary/aromatic N) is 3. The number of primary amides is 1. The Hall–Kier alpha value is -1.78. The molecule has 3 N–H and O–H groups in total. The van der Waals surface area contributed by atoms with Gasteiger partial charge < -0.3 is 10.3 Å². The Morgan fingerprint density at radius 3 is 2.42 bits per heavy atom. The van der Waals surface area contributed by atoms with Crippen LogP contribution in [0.4, 0.5) is 18.0 Å². The minimum Gasteiger partial charge on any atom is -0.351 e. The zero-order valence-corrected chi connectivity index (χ0v) is 10.7. The van der Waals surface area contributed by atoms with Crippen LogP contribution in [0.2, 0.25) is 0 Å². The standard InChI is InChI=1S/C8H10F3N5O2S/c1-3(4(17)13-6(12)18)19-7-15-14-5(16(7)2)8(9,10)11/h3H,1-2H3,(H3,12,13,17,18)/t3-/m1/s1. The van der Waals surface area contributed by atoms with Crippen LogP contribution in [-0.4, -0.2) is 32.0 Å². The third-order valence-electron chi connectivity index (χ3n) is 1.99. The summed E-state index contributed by atoms with van der Waals surface area (Å²) in [6.45, 7) is 1.39. The number of amides is 3. The van der Waals surface area contributed by atoms with Crippen molar-refractivity contribution in [1.82, 2.24) is 20.1 Å². The molecule has 1 atom stereocenters. The minimum absolute atomic E-state index is 0.0977. The summed E-state index contributed by atoms with van der Waals surface area (Å²) in [6, 6.07) is -1.04. The Morgan fingerprint density at radius 1 is 1.42 bits per heavy atom. The van der Waals surface area contributed by atoms with Gasteiger partial charge in [-0.3, -0.25) is 10.1 Å². The van der Waals surface area contributed by atoms with E-state index in [4.69, 9.17) is 5.73 Å². The summed E-state index contributed by atoms with van der Waals surface area (Å²) >= 11 is 0.727. The molecular formula is C8H10F3N5O2S. The first-order valence-electron chi connectivity index (χ1n) is 4.86. The monoisotopic (exact) mass is 297 g/mol. The number of halogens is 3. The number of alkyl halides is 3. The van der Waals surface area contributed by atoms with E-state index in [1.165, 1.54) is 6.92 Å². The first-order valence-corrected chi connectivity index (χ1v) is 5.74. The molecule has 0 saturated heterocycles. The fourth-order valence-electron chi connectivity index (χ4n) is 1.10. The SMILES string of the molecule is C[C@@H](Sc1nnc(C(F)(F)F)n1C)C(=O)NC(N)=O. The van der Waals surface area contributed by atoms with Crippen LogP contribution in [0.25, 0.3) is 0 Å². The van der Waals surface area contributed by atoms with Crippen molar-refractivity contribution in [3.05, 3.63) is 5.82 Å². The molecule has 106 valence electrons. The normalized spacial score (nSPS) is 13.1. The van der Waals surface area contributed by atoms with Crippen molar-refractivity contribution in [3.63, 3.8) is 0 Å². The summed E-state index contributed by atoms with van der Waals surface area (Å²) in [4.78, 5) is 21.8. The van der Waals surface area contributed by atoms with Crippen molar-refractivity contribution < 1.29 is 22.8 Å². The minimum atomic E-state index is -4.63. The fourth-order valence-corrected chi connectivity index (χ4v) is 1.91. The van der Waals surface area contributed by atoms with Crippen LogP contribution in [0.15, 0.2) is 5.16 Å². The van der Waals surface area contributed by atoms with Crippen molar-refractivity contribution in [2.45, 2.75) is 23.5 Å². The van der Waals surface area contributed by atoms with Crippen LogP contribution in [0, 0.1) is 0 Å². The van der Waals surface area contributed by atoms with E-state index in [-0.39, 0.29) is 5.16 Å². The van der Waals surface area contributed by atoms with E-state index in [2.05, 4.69) is 10.2 Å². The third-order valence-corrected chi connectivity index (χ3v) is 3.12. The first kappa shape index (κ1) is 15.3. The number of aromatic nitrogens is 3. The second-order valence-corrected chi connectivity index (χ2v) is 4.78. The van der Waals surface area contributed by atoms with Gasteiger partial charge in [0.05, 0.1) is 5.25 Å². The molecule has 0 saturated carbocycles. The maximum absolute atomic E-state index is 12.5. The molecule has 7 nitrogen and oxygen atoms in total. The van der Waals surface area contributed by atoms with Crippen LogP contribution in [0.5, 0.6) is 0 Å². The van der Waals surface area contributed by atoms with Crippen molar-refractivity contribution in [2.24, 2.45) is 12.8 Å². The lowest BCUT2D eigenvalue weighted by atomic mass is 10.4. The van der Waals surface area contributed by atoms with Gasteiger partial charge in [0.2, 0.25) is 11.7 Å². The molecule has 0 aliphatic rings. The second kappa shape index (κ2) is 5.47. The van der Waals surface area contributed by atoms with Crippen LogP contribution < -0.4 is 11.1 Å². The largest absolute Gasteiger partial charge is 0.451 e. The Balaban J connectivity index is 2.81. The molecule has 0 fully saturated rings. The van der Waals surface area contributed by atoms with Gasteiger partial charge >= 0.3 is 12.2 Å². The van der Waals surface area contributed by atoms with E-state index < -0.39 is 29.2 Å². The quantitative estimate of drug-likeness (QED) is 0.791. The molecule has 0 aliphatic heterocycles. The van der Waals surface area contributed by atoms with E-state index in [0.29, 0.717) is 0 Å². The molecule has 0 radical (unpaired) electrons. The molecule has 19 heavy (non-hydrogen) atoms. The smallest absolute Gasteiger partial charge is 0.351 e. The van der Waals surface area contributed by atoms with Crippen molar-refractivity contribution in [1.29, 1.82) is 0 Å². The van der Waals surface area contributed by atoms with Gasteiger partial charge in [0, 0.05) is 7.05 Å². The highest BCUT2D eigenvalue weighted by Gasteiger charge is 2.37. The number of carbonyl (C=O) groups is 2. The Morgan fingerprint density at radius 2 is 2.00 bits per heavy atom. The number of nitrogens with one attached hydrogen (secondary N) is 1. The summed E-state index contributed by atoms with van der Waals surface area (Å²) in [5.74, 6) is -1.90. The Bertz CT molecular complexity index is 501. The first-order chi connectivity index (χ1) is 8.62. The lowest BCUT2D eigenvalue weighted by Crippen LogP contribution is -2.39. The number of hydrogen-bond donors (Lipinski definition) is 2. The predicted octanol–water partition coefficient (Wildman–Crippen LogP) is 0.509. The molecule has 1 aromatic rings. The topological polar surface area (TPSA) is 103 Å². The molecule has 1 heterocycles. The summed E-state index contributed by atoms with van der Waals surface area (Å²) in [7, 11) is 1.13. The summed E-state index contributed by atoms with van der Waals surface area (Å²) < 4.78 is 38.1. The van der Waals surface area contributed by atoms with Crippen molar-refractivity contribution in [2.75, 3.05) is 0 Å². The second-order valence-electron chi connectivity index (χ2n) is 3.48. The van der Waals surface area contributed by atoms with E-state index >= 15 is 0 Å². The van der Waals surface area contributed by atoms with Crippen molar-refractivity contribution in [3.8, 4) is 0 Å². The molecule has 0 bridgehead atoms. The van der Waals surface area contributed by atoms with Gasteiger partial charge in [0.25, 0.3) is 0 Å². The zero-order valence-electron chi connectivity index (χ0n) is 9.85. The van der Waals surface area contributed by atoms with E-state index in [1.807, 2.05) is 5.32 Å². The lowest BCUT2D eigenvalue weighted by molar-refractivity contribution is -0.147. The number of carbonyl (C=O) groups excluding carboxylic acids is 2. The van der Waals surface area contributed by atoms with Gasteiger partial charge in [-0.25, -0.2) is 4.79 Å². The molecule has 1 aromatic heterocycles. The van der Waals surface area contributed by atoms with Crippen LogP contribution in [0.1, 0.15) is 12.7 Å². The summed E-state index contributed by atoms with van der Waals surface area (Å²) in [5, 5.41) is 7.22. The number of imide groups is 1. The molecule has 0 aliphatic carbocycles. The molecule has 3 amide bonds. The summed E-state index contributed by atoms with van der Waals surface area (Å²) in [6.07, 6.45) is -4.63. The molecular weight excluding hydrogens is 287 g/mol. The van der Waals surface area contributed by atoms with Gasteiger partial charge in [-0.1, -0.05) is 11.8 Å². The molecule has 11 heteroatoms. The van der Waals surface area contributed by atoms with Crippen LogP contribution in [-0.2, 0) is 18.0 Å². The number of nitrogens with two attached hydrogens (primary N) is 1. The highest BCUT2D eigenvalue weighted by atomic mass is 32.2. The summed E-state index contributed by atoms with van der Waals surface area (Å²) in [5.41, 5.74) is 4.75. The maximum Gasteiger partial charge on any atom is 0.451 e. The Kier molecular flexibility index (Phi) is 4.39. The van der Waals surface area contributed by atoms with E-state index in [9.17, 15) is 22.8 Å². The van der Waals surface area contributed by atoms with Gasteiger partial charge in [-0.05, 0) is 6.92 Å².